The van der Waals surface area contributed by atoms with Crippen LogP contribution in [0.3, 0.4) is 0 Å². The van der Waals surface area contributed by atoms with Crippen LogP contribution in [-0.2, 0) is 16.1 Å². The van der Waals surface area contributed by atoms with Crippen molar-refractivity contribution in [3.8, 4) is 5.75 Å². The molecule has 1 N–H and O–H groups in total. The van der Waals surface area contributed by atoms with Crippen LogP contribution in [0.15, 0.2) is 40.9 Å². The van der Waals surface area contributed by atoms with Gasteiger partial charge in [-0.3, -0.25) is 9.59 Å². The molecule has 0 fully saturated rings. The number of amides is 2. The average molecular weight is 558 g/mol. The summed E-state index contributed by atoms with van der Waals surface area (Å²) in [4.78, 5) is 27.4. The van der Waals surface area contributed by atoms with E-state index in [0.717, 1.165) is 22.9 Å². The Morgan fingerprint density at radius 2 is 1.79 bits per heavy atom. The van der Waals surface area contributed by atoms with Gasteiger partial charge in [0.15, 0.2) is 6.61 Å². The third-order valence-electron chi connectivity index (χ3n) is 5.36. The summed E-state index contributed by atoms with van der Waals surface area (Å²) in [6.45, 7) is 8.38. The second kappa shape index (κ2) is 13.2. The van der Waals surface area contributed by atoms with Crippen LogP contribution in [0.25, 0.3) is 0 Å². The Kier molecular flexibility index (Phi) is 11.0. The first-order chi connectivity index (χ1) is 15.6. The Bertz CT molecular complexity index is 948. The molecule has 0 aromatic heterocycles. The van der Waals surface area contributed by atoms with Gasteiger partial charge in [-0.05, 0) is 65.0 Å². The summed E-state index contributed by atoms with van der Waals surface area (Å²) in [5.41, 5.74) is 1.75. The van der Waals surface area contributed by atoms with Gasteiger partial charge >= 0.3 is 0 Å². The number of unbranched alkanes of at least 4 members (excludes halogenated alkanes) is 1. The lowest BCUT2D eigenvalue weighted by molar-refractivity contribution is -0.142. The molecule has 2 aromatic carbocycles. The number of carbonyl (C=O) groups is 2. The standard InChI is InChI=1S/C25H31BrCl2N2O3/c1-5-6-12-29-25(32)17(4)30(14-19-21(27)8-7-9-22(19)28)24(31)15-33-23-11-10-18(16(2)3)13-20(23)26/h7-11,13,16-17H,5-6,12,14-15H2,1-4H3,(H,29,32)/t17-/m1/s1. The number of carbonyl (C=O) groups excluding carboxylic acids is 2. The fourth-order valence-electron chi connectivity index (χ4n) is 3.19. The molecule has 0 spiro atoms. The van der Waals surface area contributed by atoms with E-state index in [2.05, 4.69) is 35.1 Å². The van der Waals surface area contributed by atoms with Gasteiger partial charge < -0.3 is 15.0 Å². The summed E-state index contributed by atoms with van der Waals surface area (Å²) >= 11 is 16.2. The van der Waals surface area contributed by atoms with Gasteiger partial charge in [0.2, 0.25) is 5.91 Å². The molecular weight excluding hydrogens is 527 g/mol. The summed E-state index contributed by atoms with van der Waals surface area (Å²) in [6.07, 6.45) is 1.83. The Hall–Kier alpha value is -1.76. The fourth-order valence-corrected chi connectivity index (χ4v) is 4.22. The Labute approximate surface area is 214 Å². The highest BCUT2D eigenvalue weighted by atomic mass is 79.9. The molecule has 0 saturated carbocycles. The summed E-state index contributed by atoms with van der Waals surface area (Å²) in [7, 11) is 0. The van der Waals surface area contributed by atoms with Crippen molar-refractivity contribution < 1.29 is 14.3 Å². The van der Waals surface area contributed by atoms with Crippen LogP contribution in [0.2, 0.25) is 10.0 Å². The van der Waals surface area contributed by atoms with Crippen LogP contribution < -0.4 is 10.1 Å². The maximum atomic E-state index is 13.2. The van der Waals surface area contributed by atoms with E-state index in [-0.39, 0.29) is 25.0 Å². The number of ether oxygens (including phenoxy) is 1. The molecule has 8 heteroatoms. The maximum absolute atomic E-state index is 13.2. The molecular formula is C25H31BrCl2N2O3. The summed E-state index contributed by atoms with van der Waals surface area (Å²) in [5, 5.41) is 3.76. The number of benzene rings is 2. The summed E-state index contributed by atoms with van der Waals surface area (Å²) in [5.74, 6) is 0.356. The predicted molar refractivity (Wildman–Crippen MR) is 138 cm³/mol. The van der Waals surface area contributed by atoms with Crippen LogP contribution in [0.5, 0.6) is 5.75 Å². The topological polar surface area (TPSA) is 58.6 Å². The van der Waals surface area contributed by atoms with E-state index in [9.17, 15) is 9.59 Å². The van der Waals surface area contributed by atoms with E-state index in [1.807, 2.05) is 25.1 Å². The second-order valence-electron chi connectivity index (χ2n) is 8.18. The van der Waals surface area contributed by atoms with Crippen LogP contribution in [0.4, 0.5) is 0 Å². The van der Waals surface area contributed by atoms with Crippen molar-refractivity contribution in [2.75, 3.05) is 13.2 Å². The number of nitrogens with zero attached hydrogens (tertiary/aromatic N) is 1. The molecule has 0 saturated heterocycles. The molecule has 0 aliphatic carbocycles. The van der Waals surface area contributed by atoms with Gasteiger partial charge in [0.25, 0.3) is 5.91 Å². The van der Waals surface area contributed by atoms with Crippen LogP contribution in [0, 0.1) is 0 Å². The van der Waals surface area contributed by atoms with Gasteiger partial charge in [-0.2, -0.15) is 0 Å². The smallest absolute Gasteiger partial charge is 0.261 e. The van der Waals surface area contributed by atoms with Gasteiger partial charge in [0, 0.05) is 28.7 Å². The molecule has 0 bridgehead atoms. The van der Waals surface area contributed by atoms with E-state index in [1.54, 1.807) is 25.1 Å². The molecule has 180 valence electrons. The molecule has 0 aliphatic heterocycles. The highest BCUT2D eigenvalue weighted by Crippen LogP contribution is 2.30. The van der Waals surface area contributed by atoms with Gasteiger partial charge in [0.1, 0.15) is 11.8 Å². The monoisotopic (exact) mass is 556 g/mol. The quantitative estimate of drug-likeness (QED) is 0.317. The predicted octanol–water partition coefficient (Wildman–Crippen LogP) is 6.59. The number of halogens is 3. The Morgan fingerprint density at radius 1 is 1.12 bits per heavy atom. The molecule has 0 radical (unpaired) electrons. The van der Waals surface area contributed by atoms with Crippen molar-refractivity contribution in [1.82, 2.24) is 10.2 Å². The van der Waals surface area contributed by atoms with Gasteiger partial charge in [-0.25, -0.2) is 0 Å². The lowest BCUT2D eigenvalue weighted by Gasteiger charge is -2.29. The lowest BCUT2D eigenvalue weighted by atomic mass is 10.0. The Balaban J connectivity index is 2.21. The van der Waals surface area contributed by atoms with Gasteiger partial charge in [-0.1, -0.05) is 62.5 Å². The molecule has 0 heterocycles. The minimum absolute atomic E-state index is 0.0938. The van der Waals surface area contributed by atoms with Crippen molar-refractivity contribution in [3.63, 3.8) is 0 Å². The molecule has 2 amide bonds. The first-order valence-corrected chi connectivity index (χ1v) is 12.6. The van der Waals surface area contributed by atoms with E-state index in [0.29, 0.717) is 33.8 Å². The zero-order valence-corrected chi connectivity index (χ0v) is 22.6. The minimum Gasteiger partial charge on any atom is -0.483 e. The molecule has 0 aliphatic rings. The molecule has 2 aromatic rings. The summed E-state index contributed by atoms with van der Waals surface area (Å²) in [6, 6.07) is 10.2. The summed E-state index contributed by atoms with van der Waals surface area (Å²) < 4.78 is 6.58. The van der Waals surface area contributed by atoms with Gasteiger partial charge in [0.05, 0.1) is 4.47 Å². The SMILES string of the molecule is CCCCNC(=O)[C@@H](C)N(Cc1c(Cl)cccc1Cl)C(=O)COc1ccc(C(C)C)cc1Br. The molecule has 1 atom stereocenters. The highest BCUT2D eigenvalue weighted by molar-refractivity contribution is 9.10. The third-order valence-corrected chi connectivity index (χ3v) is 6.69. The highest BCUT2D eigenvalue weighted by Gasteiger charge is 2.28. The molecule has 0 unspecified atom stereocenters. The van der Waals surface area contributed by atoms with Crippen LogP contribution in [0.1, 0.15) is 57.6 Å². The van der Waals surface area contributed by atoms with Crippen molar-refractivity contribution in [2.24, 2.45) is 0 Å². The molecule has 2 rings (SSSR count). The lowest BCUT2D eigenvalue weighted by Crippen LogP contribution is -2.49. The molecule has 5 nitrogen and oxygen atoms in total. The normalized spacial score (nSPS) is 11.9. The number of rotatable bonds is 11. The van der Waals surface area contributed by atoms with E-state index in [1.165, 1.54) is 4.90 Å². The second-order valence-corrected chi connectivity index (χ2v) is 9.84. The largest absolute Gasteiger partial charge is 0.483 e. The first-order valence-electron chi connectivity index (χ1n) is 11.1. The van der Waals surface area contributed by atoms with E-state index < -0.39 is 6.04 Å². The number of hydrogen-bond donors (Lipinski definition) is 1. The average Bonchev–Trinajstić information content (AvgIpc) is 2.77. The van der Waals surface area contributed by atoms with E-state index in [4.69, 9.17) is 27.9 Å². The zero-order valence-electron chi connectivity index (χ0n) is 19.5. The van der Waals surface area contributed by atoms with Gasteiger partial charge in [-0.15, -0.1) is 0 Å². The zero-order chi connectivity index (χ0) is 24.5. The van der Waals surface area contributed by atoms with Crippen LogP contribution in [-0.4, -0.2) is 35.9 Å². The van der Waals surface area contributed by atoms with Crippen molar-refractivity contribution in [3.05, 3.63) is 62.0 Å². The van der Waals surface area contributed by atoms with Crippen LogP contribution >= 0.6 is 39.1 Å². The van der Waals surface area contributed by atoms with Crippen molar-refractivity contribution in [1.29, 1.82) is 0 Å². The first kappa shape index (κ1) is 27.5. The van der Waals surface area contributed by atoms with Crippen molar-refractivity contribution in [2.45, 2.75) is 59.0 Å². The minimum atomic E-state index is -0.725. The maximum Gasteiger partial charge on any atom is 0.261 e. The third kappa shape index (κ3) is 7.90. The van der Waals surface area contributed by atoms with Crippen molar-refractivity contribution >= 4 is 50.9 Å². The Morgan fingerprint density at radius 3 is 2.36 bits per heavy atom. The number of hydrogen-bond acceptors (Lipinski definition) is 3. The number of nitrogens with one attached hydrogen (secondary N) is 1. The molecule has 33 heavy (non-hydrogen) atoms. The van der Waals surface area contributed by atoms with E-state index >= 15 is 0 Å². The fraction of sp³-hybridized carbons (Fsp3) is 0.440.